The zero-order valence-corrected chi connectivity index (χ0v) is 14.9. The van der Waals surface area contributed by atoms with Gasteiger partial charge in [0.1, 0.15) is 5.78 Å². The molecule has 2 aliphatic rings. The number of aliphatic hydroxyl groups excluding tert-OH is 1. The van der Waals surface area contributed by atoms with Gasteiger partial charge < -0.3 is 5.11 Å². The number of Topliss-reactive ketones (excluding diaryl/α,β-unsaturated/α-hetero) is 1. The van der Waals surface area contributed by atoms with Crippen LogP contribution in [0.4, 0.5) is 0 Å². The number of carbonyl (C=O) groups excluding carboxylic acids is 1. The molecule has 0 bridgehead atoms. The van der Waals surface area contributed by atoms with E-state index in [-0.39, 0.29) is 5.92 Å². The number of allylic oxidation sites excluding steroid dienone is 2. The average molecular weight is 304 g/mol. The summed E-state index contributed by atoms with van der Waals surface area (Å²) in [5, 5.41) is 10.2. The van der Waals surface area contributed by atoms with E-state index in [9.17, 15) is 9.90 Å². The van der Waals surface area contributed by atoms with Crippen molar-refractivity contribution in [3.8, 4) is 0 Å². The lowest BCUT2D eigenvalue weighted by Gasteiger charge is -2.12. The number of ketones is 1. The molecule has 2 heteroatoms. The molecular formula is C20H32O2. The molecule has 0 aromatic rings. The third-order valence-corrected chi connectivity index (χ3v) is 5.95. The molecule has 4 atom stereocenters. The Morgan fingerprint density at radius 1 is 1.18 bits per heavy atom. The maximum absolute atomic E-state index is 12.3. The summed E-state index contributed by atoms with van der Waals surface area (Å²) in [6.07, 6.45) is 8.01. The van der Waals surface area contributed by atoms with E-state index in [0.29, 0.717) is 30.0 Å². The van der Waals surface area contributed by atoms with Crippen molar-refractivity contribution in [2.24, 2.45) is 23.2 Å². The van der Waals surface area contributed by atoms with E-state index in [1.807, 2.05) is 19.1 Å². The predicted octanol–water partition coefficient (Wildman–Crippen LogP) is 4.68. The molecule has 2 nitrogen and oxygen atoms in total. The smallest absolute Gasteiger partial charge is 0.139 e. The number of fused-ring (bicyclic) bond motifs is 1. The van der Waals surface area contributed by atoms with Gasteiger partial charge in [-0.2, -0.15) is 0 Å². The first-order chi connectivity index (χ1) is 10.2. The third-order valence-electron chi connectivity index (χ3n) is 5.95. The molecule has 0 saturated heterocycles. The fraction of sp³-hybridized carbons (Fsp3) is 0.750. The van der Waals surface area contributed by atoms with Gasteiger partial charge in [-0.3, -0.25) is 4.79 Å². The quantitative estimate of drug-likeness (QED) is 0.660. The molecule has 0 heterocycles. The largest absolute Gasteiger partial charge is 0.389 e. The first kappa shape index (κ1) is 17.5. The molecule has 22 heavy (non-hydrogen) atoms. The number of hydrogen-bond donors (Lipinski definition) is 1. The summed E-state index contributed by atoms with van der Waals surface area (Å²) < 4.78 is 0. The topological polar surface area (TPSA) is 37.3 Å². The summed E-state index contributed by atoms with van der Waals surface area (Å²) in [6, 6.07) is 0. The fourth-order valence-electron chi connectivity index (χ4n) is 4.15. The van der Waals surface area contributed by atoms with Gasteiger partial charge in [-0.15, -0.1) is 0 Å². The first-order valence-corrected chi connectivity index (χ1v) is 8.75. The highest BCUT2D eigenvalue weighted by atomic mass is 16.3. The molecular weight excluding hydrogens is 272 g/mol. The van der Waals surface area contributed by atoms with Gasteiger partial charge in [0.05, 0.1) is 6.10 Å². The van der Waals surface area contributed by atoms with Gasteiger partial charge in [0.25, 0.3) is 0 Å². The van der Waals surface area contributed by atoms with Crippen molar-refractivity contribution in [3.05, 3.63) is 23.3 Å². The lowest BCUT2D eigenvalue weighted by atomic mass is 9.93. The Bertz CT molecular complexity index is 484. The van der Waals surface area contributed by atoms with Gasteiger partial charge in [0.2, 0.25) is 0 Å². The standard InChI is InChI=1S/C20H32O2/c1-13-6-8-17-18(20(17,4)5)12-15(3)19(22)9-7-14(2)11-16(21)10-13/h7,10,15-18,21H,6,8-9,11-12H2,1-5H3/b13-10+,14-7+/t15-,16-,17+,18+/m1/s1. The SMILES string of the molecule is C/C1=C\[C@@H](O)C/C(C)=C/CC(=O)[C@H](C)C[C@H]2[C@H](CC1)C2(C)C. The van der Waals surface area contributed by atoms with Crippen molar-refractivity contribution in [1.82, 2.24) is 0 Å². The van der Waals surface area contributed by atoms with E-state index in [2.05, 4.69) is 27.7 Å². The van der Waals surface area contributed by atoms with Gasteiger partial charge >= 0.3 is 0 Å². The molecule has 0 aliphatic heterocycles. The molecule has 1 fully saturated rings. The molecule has 1 saturated carbocycles. The minimum absolute atomic E-state index is 0.155. The zero-order valence-electron chi connectivity index (χ0n) is 14.9. The maximum atomic E-state index is 12.3. The van der Waals surface area contributed by atoms with Crippen molar-refractivity contribution in [1.29, 1.82) is 0 Å². The van der Waals surface area contributed by atoms with Crippen LogP contribution in [0.1, 0.15) is 66.7 Å². The van der Waals surface area contributed by atoms with Crippen LogP contribution in [0.2, 0.25) is 0 Å². The molecule has 124 valence electrons. The maximum Gasteiger partial charge on any atom is 0.139 e. The molecule has 0 spiro atoms. The molecule has 0 unspecified atom stereocenters. The summed E-state index contributed by atoms with van der Waals surface area (Å²) in [7, 11) is 0. The van der Waals surface area contributed by atoms with Crippen LogP contribution in [0, 0.1) is 23.2 Å². The monoisotopic (exact) mass is 304 g/mol. The molecule has 0 aromatic heterocycles. The van der Waals surface area contributed by atoms with Gasteiger partial charge in [0, 0.05) is 12.3 Å². The molecule has 2 rings (SSSR count). The first-order valence-electron chi connectivity index (χ1n) is 8.75. The Balaban J connectivity index is 2.14. The van der Waals surface area contributed by atoms with Gasteiger partial charge in [0.15, 0.2) is 0 Å². The summed E-state index contributed by atoms with van der Waals surface area (Å²) in [4.78, 5) is 12.3. The van der Waals surface area contributed by atoms with Crippen molar-refractivity contribution in [3.63, 3.8) is 0 Å². The number of rotatable bonds is 0. The van der Waals surface area contributed by atoms with E-state index < -0.39 is 6.10 Å². The van der Waals surface area contributed by atoms with Crippen LogP contribution in [-0.2, 0) is 4.79 Å². The van der Waals surface area contributed by atoms with Gasteiger partial charge in [-0.25, -0.2) is 0 Å². The van der Waals surface area contributed by atoms with E-state index in [1.165, 1.54) is 12.0 Å². The third kappa shape index (κ3) is 4.10. The zero-order chi connectivity index (χ0) is 16.5. The Kier molecular flexibility index (Phi) is 5.32. The Morgan fingerprint density at radius 3 is 2.55 bits per heavy atom. The second-order valence-electron chi connectivity index (χ2n) is 8.22. The summed E-state index contributed by atoms with van der Waals surface area (Å²) in [6.45, 7) is 10.9. The summed E-state index contributed by atoms with van der Waals surface area (Å²) in [5.41, 5.74) is 2.78. The Morgan fingerprint density at radius 2 is 1.86 bits per heavy atom. The number of hydrogen-bond acceptors (Lipinski definition) is 2. The second kappa shape index (κ2) is 6.70. The average Bonchev–Trinajstić information content (AvgIpc) is 2.92. The highest BCUT2D eigenvalue weighted by Crippen LogP contribution is 2.63. The van der Waals surface area contributed by atoms with Crippen LogP contribution in [0.3, 0.4) is 0 Å². The predicted molar refractivity (Wildman–Crippen MR) is 91.5 cm³/mol. The van der Waals surface area contributed by atoms with Crippen LogP contribution < -0.4 is 0 Å². The lowest BCUT2D eigenvalue weighted by molar-refractivity contribution is -0.121. The number of aliphatic hydroxyl groups is 1. The Labute approximate surface area is 135 Å². The second-order valence-corrected chi connectivity index (χ2v) is 8.22. The minimum Gasteiger partial charge on any atom is -0.389 e. The van der Waals surface area contributed by atoms with Crippen LogP contribution in [0.5, 0.6) is 0 Å². The van der Waals surface area contributed by atoms with Crippen LogP contribution in [0.15, 0.2) is 23.3 Å². The van der Waals surface area contributed by atoms with E-state index in [0.717, 1.165) is 24.3 Å². The highest BCUT2D eigenvalue weighted by Gasteiger charge is 2.56. The normalized spacial score (nSPS) is 41.5. The highest BCUT2D eigenvalue weighted by molar-refractivity contribution is 5.82. The van der Waals surface area contributed by atoms with Crippen molar-refractivity contribution < 1.29 is 9.90 Å². The van der Waals surface area contributed by atoms with Crippen molar-refractivity contribution in [2.45, 2.75) is 72.8 Å². The van der Waals surface area contributed by atoms with E-state index in [4.69, 9.17) is 0 Å². The minimum atomic E-state index is -0.422. The van der Waals surface area contributed by atoms with Crippen LogP contribution in [-0.4, -0.2) is 17.0 Å². The van der Waals surface area contributed by atoms with Crippen molar-refractivity contribution >= 4 is 5.78 Å². The lowest BCUT2D eigenvalue weighted by Crippen LogP contribution is -2.12. The van der Waals surface area contributed by atoms with Crippen LogP contribution >= 0.6 is 0 Å². The molecule has 2 aliphatic carbocycles. The van der Waals surface area contributed by atoms with E-state index in [1.54, 1.807) is 0 Å². The summed E-state index contributed by atoms with van der Waals surface area (Å²) >= 11 is 0. The fourth-order valence-corrected chi connectivity index (χ4v) is 4.15. The number of carbonyl (C=O) groups is 1. The van der Waals surface area contributed by atoms with E-state index >= 15 is 0 Å². The van der Waals surface area contributed by atoms with Gasteiger partial charge in [-0.1, -0.05) is 44.1 Å². The molecule has 1 N–H and O–H groups in total. The van der Waals surface area contributed by atoms with Gasteiger partial charge in [-0.05, 0) is 56.8 Å². The summed E-state index contributed by atoms with van der Waals surface area (Å²) in [5.74, 6) is 1.91. The molecule has 0 radical (unpaired) electrons. The molecule has 0 amide bonds. The molecule has 0 aromatic carbocycles. The Hall–Kier alpha value is -0.890. The van der Waals surface area contributed by atoms with Crippen LogP contribution in [0.25, 0.3) is 0 Å². The van der Waals surface area contributed by atoms with Crippen molar-refractivity contribution in [2.75, 3.05) is 0 Å².